The molecule has 1 heterocycles. The van der Waals surface area contributed by atoms with Crippen LogP contribution in [0.5, 0.6) is 0 Å². The molecule has 0 spiro atoms. The van der Waals surface area contributed by atoms with Crippen LogP contribution >= 0.6 is 0 Å². The van der Waals surface area contributed by atoms with Crippen LogP contribution in [0.15, 0.2) is 115 Å². The first kappa shape index (κ1) is 16.9. The lowest BCUT2D eigenvalue weighted by atomic mass is 9.87. The zero-order valence-corrected chi connectivity index (χ0v) is 16.4. The maximum atomic E-state index is 4.86. The topological polar surface area (TPSA) is 12.9 Å². The standard InChI is InChI=1S/C29H19N/c1-2-10-21(11-3-1)28-25-14-7-6-13-24(25)27(26-15-8-18-30-29(26)28)23-17-16-20-9-4-5-12-22(20)19-23/h1-19H. The largest absolute Gasteiger partial charge is 0.256 e. The molecule has 0 fully saturated rings. The summed E-state index contributed by atoms with van der Waals surface area (Å²) in [7, 11) is 0. The molecule has 30 heavy (non-hydrogen) atoms. The van der Waals surface area contributed by atoms with Crippen molar-refractivity contribution in [3.8, 4) is 22.3 Å². The molecule has 0 aliphatic heterocycles. The average Bonchev–Trinajstić information content (AvgIpc) is 2.82. The van der Waals surface area contributed by atoms with Crippen molar-refractivity contribution in [3.05, 3.63) is 115 Å². The number of aromatic nitrogens is 1. The summed E-state index contributed by atoms with van der Waals surface area (Å²) >= 11 is 0. The van der Waals surface area contributed by atoms with Gasteiger partial charge in [-0.25, -0.2) is 0 Å². The van der Waals surface area contributed by atoms with Crippen LogP contribution in [-0.2, 0) is 0 Å². The molecule has 0 bridgehead atoms. The third kappa shape index (κ3) is 2.60. The molecule has 0 atom stereocenters. The Bertz CT molecular complexity index is 1470. The average molecular weight is 381 g/mol. The molecule has 1 nitrogen and oxygen atoms in total. The van der Waals surface area contributed by atoms with Crippen molar-refractivity contribution >= 4 is 32.4 Å². The van der Waals surface area contributed by atoms with Gasteiger partial charge < -0.3 is 0 Å². The van der Waals surface area contributed by atoms with Gasteiger partial charge in [-0.1, -0.05) is 97.1 Å². The Hall–Kier alpha value is -3.97. The number of fused-ring (bicyclic) bond motifs is 3. The minimum absolute atomic E-state index is 1.05. The lowest BCUT2D eigenvalue weighted by molar-refractivity contribution is 1.42. The number of benzene rings is 5. The number of pyridine rings is 1. The van der Waals surface area contributed by atoms with Gasteiger partial charge in [-0.15, -0.1) is 0 Å². The van der Waals surface area contributed by atoms with E-state index >= 15 is 0 Å². The Kier molecular flexibility index (Phi) is 3.85. The van der Waals surface area contributed by atoms with Crippen LogP contribution in [0.2, 0.25) is 0 Å². The van der Waals surface area contributed by atoms with Gasteiger partial charge in [-0.3, -0.25) is 4.98 Å². The highest BCUT2D eigenvalue weighted by atomic mass is 14.7. The summed E-state index contributed by atoms with van der Waals surface area (Å²) in [4.78, 5) is 4.86. The second kappa shape index (κ2) is 6.82. The van der Waals surface area contributed by atoms with E-state index in [2.05, 4.69) is 103 Å². The molecular weight excluding hydrogens is 362 g/mol. The smallest absolute Gasteiger partial charge is 0.0792 e. The predicted octanol–water partition coefficient (Wildman–Crippen LogP) is 7.88. The van der Waals surface area contributed by atoms with E-state index in [1.807, 2.05) is 12.3 Å². The highest BCUT2D eigenvalue weighted by Crippen LogP contribution is 2.43. The minimum Gasteiger partial charge on any atom is -0.256 e. The second-order valence-electron chi connectivity index (χ2n) is 7.62. The summed E-state index contributed by atoms with van der Waals surface area (Å²) in [5, 5.41) is 6.19. The molecule has 0 N–H and O–H groups in total. The fraction of sp³-hybridized carbons (Fsp3) is 0. The Labute approximate surface area is 175 Å². The summed E-state index contributed by atoms with van der Waals surface area (Å²) in [5.74, 6) is 0. The quantitative estimate of drug-likeness (QED) is 0.278. The SMILES string of the molecule is c1ccc(-c2c3ccccc3c(-c3ccc4ccccc4c3)c3cccnc23)cc1. The van der Waals surface area contributed by atoms with Crippen LogP contribution < -0.4 is 0 Å². The van der Waals surface area contributed by atoms with Crippen LogP contribution in [0.4, 0.5) is 0 Å². The molecule has 6 rings (SSSR count). The zero-order chi connectivity index (χ0) is 19.9. The second-order valence-corrected chi connectivity index (χ2v) is 7.62. The molecule has 0 radical (unpaired) electrons. The lowest BCUT2D eigenvalue weighted by Crippen LogP contribution is -1.92. The first-order chi connectivity index (χ1) is 14.9. The van der Waals surface area contributed by atoms with Crippen molar-refractivity contribution in [2.45, 2.75) is 0 Å². The molecule has 0 amide bonds. The lowest BCUT2D eigenvalue weighted by Gasteiger charge is -2.17. The monoisotopic (exact) mass is 381 g/mol. The number of rotatable bonds is 2. The van der Waals surface area contributed by atoms with Crippen molar-refractivity contribution in [1.29, 1.82) is 0 Å². The van der Waals surface area contributed by atoms with Crippen molar-refractivity contribution in [2.24, 2.45) is 0 Å². The molecular formula is C29H19N. The maximum absolute atomic E-state index is 4.86. The third-order valence-electron chi connectivity index (χ3n) is 5.88. The van der Waals surface area contributed by atoms with Gasteiger partial charge in [0.2, 0.25) is 0 Å². The summed E-state index contributed by atoms with van der Waals surface area (Å²) in [6, 6.07) is 38.8. The molecule has 0 aliphatic carbocycles. The Morgan fingerprint density at radius 3 is 1.93 bits per heavy atom. The first-order valence-electron chi connectivity index (χ1n) is 10.2. The van der Waals surface area contributed by atoms with Gasteiger partial charge in [0.15, 0.2) is 0 Å². The van der Waals surface area contributed by atoms with E-state index in [-0.39, 0.29) is 0 Å². The molecule has 1 aromatic heterocycles. The van der Waals surface area contributed by atoms with Crippen LogP contribution in [0.3, 0.4) is 0 Å². The summed E-state index contributed by atoms with van der Waals surface area (Å²) in [6.07, 6.45) is 1.90. The molecule has 6 aromatic rings. The zero-order valence-electron chi connectivity index (χ0n) is 16.4. The molecule has 0 saturated heterocycles. The Morgan fingerprint density at radius 1 is 0.433 bits per heavy atom. The van der Waals surface area contributed by atoms with E-state index < -0.39 is 0 Å². The molecule has 1 heteroatoms. The van der Waals surface area contributed by atoms with Gasteiger partial charge in [0, 0.05) is 17.1 Å². The molecule has 0 aliphatic rings. The van der Waals surface area contributed by atoms with E-state index in [0.717, 1.165) is 5.52 Å². The van der Waals surface area contributed by atoms with Gasteiger partial charge in [0.25, 0.3) is 0 Å². The molecule has 0 saturated carbocycles. The minimum atomic E-state index is 1.05. The highest BCUT2D eigenvalue weighted by Gasteiger charge is 2.17. The van der Waals surface area contributed by atoms with Gasteiger partial charge in [-0.2, -0.15) is 0 Å². The van der Waals surface area contributed by atoms with E-state index in [1.165, 1.54) is 49.2 Å². The number of hydrogen-bond donors (Lipinski definition) is 0. The van der Waals surface area contributed by atoms with Crippen molar-refractivity contribution in [3.63, 3.8) is 0 Å². The Balaban J connectivity index is 1.79. The summed E-state index contributed by atoms with van der Waals surface area (Å²) in [6.45, 7) is 0. The van der Waals surface area contributed by atoms with Gasteiger partial charge >= 0.3 is 0 Å². The van der Waals surface area contributed by atoms with Crippen LogP contribution in [-0.4, -0.2) is 4.98 Å². The highest BCUT2D eigenvalue weighted by molar-refractivity contribution is 6.20. The fourth-order valence-electron chi connectivity index (χ4n) is 4.55. The Morgan fingerprint density at radius 2 is 1.10 bits per heavy atom. The number of nitrogens with zero attached hydrogens (tertiary/aromatic N) is 1. The van der Waals surface area contributed by atoms with E-state index in [4.69, 9.17) is 4.98 Å². The predicted molar refractivity (Wildman–Crippen MR) is 128 cm³/mol. The third-order valence-corrected chi connectivity index (χ3v) is 5.88. The summed E-state index contributed by atoms with van der Waals surface area (Å²) < 4.78 is 0. The van der Waals surface area contributed by atoms with Crippen LogP contribution in [0.25, 0.3) is 54.7 Å². The van der Waals surface area contributed by atoms with Crippen molar-refractivity contribution in [2.75, 3.05) is 0 Å². The van der Waals surface area contributed by atoms with Gasteiger partial charge in [0.05, 0.1) is 5.52 Å². The van der Waals surface area contributed by atoms with Gasteiger partial charge in [-0.05, 0) is 50.4 Å². The van der Waals surface area contributed by atoms with E-state index in [0.29, 0.717) is 0 Å². The maximum Gasteiger partial charge on any atom is 0.0792 e. The van der Waals surface area contributed by atoms with Crippen LogP contribution in [0.1, 0.15) is 0 Å². The van der Waals surface area contributed by atoms with E-state index in [9.17, 15) is 0 Å². The fourth-order valence-corrected chi connectivity index (χ4v) is 4.55. The molecule has 5 aromatic carbocycles. The molecule has 0 unspecified atom stereocenters. The van der Waals surface area contributed by atoms with Gasteiger partial charge in [0.1, 0.15) is 0 Å². The van der Waals surface area contributed by atoms with E-state index in [1.54, 1.807) is 0 Å². The number of hydrogen-bond acceptors (Lipinski definition) is 1. The van der Waals surface area contributed by atoms with Crippen molar-refractivity contribution < 1.29 is 0 Å². The summed E-state index contributed by atoms with van der Waals surface area (Å²) in [5.41, 5.74) is 5.92. The molecule has 140 valence electrons. The first-order valence-corrected chi connectivity index (χ1v) is 10.2. The van der Waals surface area contributed by atoms with Crippen LogP contribution in [0, 0.1) is 0 Å². The van der Waals surface area contributed by atoms with Crippen molar-refractivity contribution in [1.82, 2.24) is 4.98 Å². The normalized spacial score (nSPS) is 11.3.